The van der Waals surface area contributed by atoms with E-state index in [0.717, 1.165) is 11.1 Å². The van der Waals surface area contributed by atoms with Gasteiger partial charge in [-0.15, -0.1) is 0 Å². The molecule has 0 radical (unpaired) electrons. The Morgan fingerprint density at radius 2 is 1.47 bits per heavy atom. The van der Waals surface area contributed by atoms with Gasteiger partial charge in [-0.25, -0.2) is 0 Å². The summed E-state index contributed by atoms with van der Waals surface area (Å²) in [6, 6.07) is 26.2. The van der Waals surface area contributed by atoms with E-state index in [9.17, 15) is 14.7 Å². The summed E-state index contributed by atoms with van der Waals surface area (Å²) in [5, 5.41) is 11.1. The minimum absolute atomic E-state index is 0.135. The molecule has 0 bridgehead atoms. The third-order valence-corrected chi connectivity index (χ3v) is 5.99. The van der Waals surface area contributed by atoms with Gasteiger partial charge in [0.05, 0.1) is 11.6 Å². The van der Waals surface area contributed by atoms with Crippen molar-refractivity contribution < 1.29 is 14.7 Å². The molecule has 3 aromatic rings. The molecule has 1 aliphatic rings. The zero-order valence-corrected chi connectivity index (χ0v) is 18.4. The number of hydrogen-bond acceptors (Lipinski definition) is 3. The molecule has 0 aromatic heterocycles. The number of hydrogen-bond donors (Lipinski definition) is 1. The van der Waals surface area contributed by atoms with Gasteiger partial charge < -0.3 is 10.0 Å². The molecule has 1 aliphatic heterocycles. The molecular weight excluding hydrogens is 398 g/mol. The summed E-state index contributed by atoms with van der Waals surface area (Å²) >= 11 is 0. The van der Waals surface area contributed by atoms with E-state index in [4.69, 9.17) is 0 Å². The number of carbonyl (C=O) groups excluding carboxylic acids is 2. The second-order valence-corrected chi connectivity index (χ2v) is 8.42. The van der Waals surface area contributed by atoms with Gasteiger partial charge in [0.2, 0.25) is 0 Å². The molecule has 1 unspecified atom stereocenters. The van der Waals surface area contributed by atoms with Crippen molar-refractivity contribution in [3.05, 3.63) is 113 Å². The molecule has 1 N–H and O–H groups in total. The molecule has 4 nitrogen and oxygen atoms in total. The molecule has 1 amide bonds. The van der Waals surface area contributed by atoms with Gasteiger partial charge in [0.1, 0.15) is 5.76 Å². The summed E-state index contributed by atoms with van der Waals surface area (Å²) in [6.45, 7) is 4.63. The average molecular weight is 426 g/mol. The van der Waals surface area contributed by atoms with E-state index in [1.807, 2.05) is 60.7 Å². The predicted molar refractivity (Wildman–Crippen MR) is 126 cm³/mol. The van der Waals surface area contributed by atoms with Crippen molar-refractivity contribution in [1.82, 2.24) is 4.90 Å². The molecule has 0 saturated carbocycles. The summed E-state index contributed by atoms with van der Waals surface area (Å²) in [5.41, 5.74) is 3.76. The van der Waals surface area contributed by atoms with Crippen LogP contribution in [0.5, 0.6) is 0 Å². The highest BCUT2D eigenvalue weighted by atomic mass is 16.3. The van der Waals surface area contributed by atoms with Crippen LogP contribution in [0, 0.1) is 0 Å². The molecule has 1 saturated heterocycles. The zero-order valence-electron chi connectivity index (χ0n) is 18.4. The van der Waals surface area contributed by atoms with Gasteiger partial charge in [-0.1, -0.05) is 98.8 Å². The van der Waals surface area contributed by atoms with Crippen LogP contribution in [-0.2, 0) is 16.0 Å². The van der Waals surface area contributed by atoms with Crippen LogP contribution in [0.25, 0.3) is 5.76 Å². The fourth-order valence-electron chi connectivity index (χ4n) is 4.17. The van der Waals surface area contributed by atoms with Crippen molar-refractivity contribution in [1.29, 1.82) is 0 Å². The largest absolute Gasteiger partial charge is 0.507 e. The highest BCUT2D eigenvalue weighted by molar-refractivity contribution is 6.46. The average Bonchev–Trinajstić information content (AvgIpc) is 3.08. The first-order chi connectivity index (χ1) is 15.5. The van der Waals surface area contributed by atoms with E-state index >= 15 is 0 Å². The lowest BCUT2D eigenvalue weighted by Crippen LogP contribution is -2.31. The van der Waals surface area contributed by atoms with Gasteiger partial charge in [-0.3, -0.25) is 9.59 Å². The number of amides is 1. The van der Waals surface area contributed by atoms with Crippen LogP contribution in [0.3, 0.4) is 0 Å². The highest BCUT2D eigenvalue weighted by Crippen LogP contribution is 2.39. The SMILES string of the molecule is CC(C)c1ccc(C2/C(=C(/O)c3ccccc3)C(=O)C(=O)N2CCc2ccccc2)cc1. The fourth-order valence-corrected chi connectivity index (χ4v) is 4.17. The monoisotopic (exact) mass is 425 g/mol. The van der Waals surface area contributed by atoms with E-state index in [-0.39, 0.29) is 11.3 Å². The lowest BCUT2D eigenvalue weighted by atomic mass is 9.93. The van der Waals surface area contributed by atoms with E-state index in [0.29, 0.717) is 24.4 Å². The Kier molecular flexibility index (Phi) is 6.22. The Bertz CT molecular complexity index is 1130. The van der Waals surface area contributed by atoms with Gasteiger partial charge in [-0.05, 0) is 29.0 Å². The van der Waals surface area contributed by atoms with Crippen LogP contribution in [0.15, 0.2) is 90.5 Å². The highest BCUT2D eigenvalue weighted by Gasteiger charge is 2.45. The van der Waals surface area contributed by atoms with Gasteiger partial charge >= 0.3 is 0 Å². The Morgan fingerprint density at radius 1 is 0.875 bits per heavy atom. The standard InChI is InChI=1S/C28H27NO3/c1-19(2)21-13-15-22(16-14-21)25-24(26(30)23-11-7-4-8-12-23)27(31)28(32)29(25)18-17-20-9-5-3-6-10-20/h3-16,19,25,30H,17-18H2,1-2H3/b26-24-. The number of carbonyl (C=O) groups is 2. The van der Waals surface area contributed by atoms with Crippen LogP contribution >= 0.6 is 0 Å². The van der Waals surface area contributed by atoms with Gasteiger partial charge in [0, 0.05) is 12.1 Å². The van der Waals surface area contributed by atoms with Crippen molar-refractivity contribution in [3.8, 4) is 0 Å². The van der Waals surface area contributed by atoms with E-state index in [2.05, 4.69) is 13.8 Å². The van der Waals surface area contributed by atoms with Crippen molar-refractivity contribution in [2.75, 3.05) is 6.54 Å². The van der Waals surface area contributed by atoms with Crippen molar-refractivity contribution in [2.45, 2.75) is 32.2 Å². The second kappa shape index (κ2) is 9.23. The Morgan fingerprint density at radius 3 is 2.06 bits per heavy atom. The Balaban J connectivity index is 1.77. The van der Waals surface area contributed by atoms with Crippen molar-refractivity contribution in [2.24, 2.45) is 0 Å². The minimum Gasteiger partial charge on any atom is -0.507 e. The maximum atomic E-state index is 13.1. The van der Waals surface area contributed by atoms with Crippen LogP contribution in [0.1, 0.15) is 48.1 Å². The molecule has 1 fully saturated rings. The van der Waals surface area contributed by atoms with E-state index in [1.54, 1.807) is 29.2 Å². The number of aliphatic hydroxyl groups excluding tert-OH is 1. The number of ketones is 1. The van der Waals surface area contributed by atoms with Crippen LogP contribution in [-0.4, -0.2) is 28.2 Å². The molecule has 4 heteroatoms. The predicted octanol–water partition coefficient (Wildman–Crippen LogP) is 5.47. The van der Waals surface area contributed by atoms with Crippen LogP contribution in [0.2, 0.25) is 0 Å². The second-order valence-electron chi connectivity index (χ2n) is 8.42. The number of aliphatic hydroxyl groups is 1. The molecule has 3 aromatic carbocycles. The maximum Gasteiger partial charge on any atom is 0.295 e. The summed E-state index contributed by atoms with van der Waals surface area (Å²) in [6.07, 6.45) is 0.625. The van der Waals surface area contributed by atoms with Gasteiger partial charge in [0.25, 0.3) is 11.7 Å². The topological polar surface area (TPSA) is 57.6 Å². The summed E-state index contributed by atoms with van der Waals surface area (Å²) in [5.74, 6) is -0.976. The fraction of sp³-hybridized carbons (Fsp3) is 0.214. The van der Waals surface area contributed by atoms with Crippen LogP contribution < -0.4 is 0 Å². The smallest absolute Gasteiger partial charge is 0.295 e. The Labute approximate surface area is 188 Å². The quantitative estimate of drug-likeness (QED) is 0.323. The third-order valence-electron chi connectivity index (χ3n) is 5.99. The molecule has 4 rings (SSSR count). The number of benzene rings is 3. The van der Waals surface area contributed by atoms with Crippen molar-refractivity contribution >= 4 is 17.4 Å². The molecule has 162 valence electrons. The molecule has 0 aliphatic carbocycles. The van der Waals surface area contributed by atoms with Gasteiger partial charge in [-0.2, -0.15) is 0 Å². The lowest BCUT2D eigenvalue weighted by Gasteiger charge is -2.25. The summed E-state index contributed by atoms with van der Waals surface area (Å²) < 4.78 is 0. The van der Waals surface area contributed by atoms with Crippen molar-refractivity contribution in [3.63, 3.8) is 0 Å². The first kappa shape index (κ1) is 21.6. The maximum absolute atomic E-state index is 13.1. The lowest BCUT2D eigenvalue weighted by molar-refractivity contribution is -0.139. The summed E-state index contributed by atoms with van der Waals surface area (Å²) in [4.78, 5) is 27.7. The van der Waals surface area contributed by atoms with E-state index in [1.165, 1.54) is 5.56 Å². The molecular formula is C28H27NO3. The van der Waals surface area contributed by atoms with Crippen LogP contribution in [0.4, 0.5) is 0 Å². The molecule has 1 heterocycles. The number of nitrogens with zero attached hydrogens (tertiary/aromatic N) is 1. The zero-order chi connectivity index (χ0) is 22.7. The number of rotatable bonds is 6. The number of Topliss-reactive ketones (excluding diaryl/α,β-unsaturated/α-hetero) is 1. The summed E-state index contributed by atoms with van der Waals surface area (Å²) in [7, 11) is 0. The first-order valence-electron chi connectivity index (χ1n) is 10.9. The van der Waals surface area contributed by atoms with E-state index < -0.39 is 17.7 Å². The van der Waals surface area contributed by atoms with Gasteiger partial charge in [0.15, 0.2) is 0 Å². The Hall–Kier alpha value is -3.66. The molecule has 1 atom stereocenters. The molecule has 32 heavy (non-hydrogen) atoms. The molecule has 0 spiro atoms. The third kappa shape index (κ3) is 4.22. The number of likely N-dealkylation sites (tertiary alicyclic amines) is 1. The first-order valence-corrected chi connectivity index (χ1v) is 10.9. The normalized spacial score (nSPS) is 17.8. The minimum atomic E-state index is -0.641.